The van der Waals surface area contributed by atoms with Crippen molar-refractivity contribution >= 4 is 11.9 Å². The Kier molecular flexibility index (Phi) is 5.21. The van der Waals surface area contributed by atoms with Crippen LogP contribution in [0.15, 0.2) is 30.3 Å². The summed E-state index contributed by atoms with van der Waals surface area (Å²) in [6.07, 6.45) is 2.87. The Morgan fingerprint density at radius 2 is 2.07 bits per heavy atom. The Bertz CT molecular complexity index is 938. The van der Waals surface area contributed by atoms with Crippen LogP contribution in [0.2, 0.25) is 0 Å². The van der Waals surface area contributed by atoms with Gasteiger partial charge in [0.2, 0.25) is 5.95 Å². The van der Waals surface area contributed by atoms with Gasteiger partial charge in [-0.2, -0.15) is 10.1 Å². The Labute approximate surface area is 163 Å². The van der Waals surface area contributed by atoms with Crippen molar-refractivity contribution in [1.82, 2.24) is 25.4 Å². The number of ether oxygens (including phenoxy) is 1. The summed E-state index contributed by atoms with van der Waals surface area (Å²) in [5.41, 5.74) is 3.32. The quantitative estimate of drug-likeness (QED) is 0.606. The van der Waals surface area contributed by atoms with Crippen LogP contribution < -0.4 is 5.32 Å². The summed E-state index contributed by atoms with van der Waals surface area (Å²) in [6.45, 7) is 5.12. The van der Waals surface area contributed by atoms with E-state index in [0.717, 1.165) is 37.1 Å². The molecule has 1 fully saturated rings. The van der Waals surface area contributed by atoms with Crippen LogP contribution in [0.5, 0.6) is 0 Å². The standard InChI is InChI=1S/C20H24N6O2/c1-12(2)10-13-5-7-14(8-6-13)15-11-16(24-23-15)19(27)22-20-21-18(25-26-20)17-4-3-9-28-17/h5-8,11-12,17H,3-4,9-10H2,1-2H3,(H,23,24)(H2,21,22,25,26,27). The fraction of sp³-hybridized carbons (Fsp3) is 0.400. The van der Waals surface area contributed by atoms with Gasteiger partial charge in [0.15, 0.2) is 5.82 Å². The molecule has 3 aromatic rings. The van der Waals surface area contributed by atoms with E-state index in [-0.39, 0.29) is 18.0 Å². The minimum Gasteiger partial charge on any atom is -0.370 e. The van der Waals surface area contributed by atoms with E-state index >= 15 is 0 Å². The first-order valence-electron chi connectivity index (χ1n) is 9.58. The van der Waals surface area contributed by atoms with Crippen LogP contribution >= 0.6 is 0 Å². The number of hydrogen-bond donors (Lipinski definition) is 3. The molecule has 1 unspecified atom stereocenters. The van der Waals surface area contributed by atoms with Crippen LogP contribution in [-0.4, -0.2) is 37.9 Å². The Hall–Kier alpha value is -3.00. The van der Waals surface area contributed by atoms with E-state index in [9.17, 15) is 4.79 Å². The molecule has 28 heavy (non-hydrogen) atoms. The van der Waals surface area contributed by atoms with Gasteiger partial charge in [-0.3, -0.25) is 20.3 Å². The van der Waals surface area contributed by atoms with Crippen molar-refractivity contribution < 1.29 is 9.53 Å². The van der Waals surface area contributed by atoms with Crippen LogP contribution in [0.4, 0.5) is 5.95 Å². The molecule has 0 bridgehead atoms. The van der Waals surface area contributed by atoms with Crippen LogP contribution in [0.25, 0.3) is 11.3 Å². The summed E-state index contributed by atoms with van der Waals surface area (Å²) in [6, 6.07) is 9.98. The molecular weight excluding hydrogens is 356 g/mol. The van der Waals surface area contributed by atoms with E-state index in [2.05, 4.69) is 56.7 Å². The second kappa shape index (κ2) is 7.93. The summed E-state index contributed by atoms with van der Waals surface area (Å²) in [4.78, 5) is 16.8. The molecule has 2 aromatic heterocycles. The number of rotatable bonds is 6. The van der Waals surface area contributed by atoms with Gasteiger partial charge in [-0.05, 0) is 36.8 Å². The molecule has 8 heteroatoms. The van der Waals surface area contributed by atoms with Crippen molar-refractivity contribution in [2.45, 2.75) is 39.2 Å². The molecular formula is C20H24N6O2. The van der Waals surface area contributed by atoms with Gasteiger partial charge in [-0.25, -0.2) is 0 Å². The summed E-state index contributed by atoms with van der Waals surface area (Å²) in [7, 11) is 0. The zero-order valence-corrected chi connectivity index (χ0v) is 16.0. The predicted molar refractivity (Wildman–Crippen MR) is 105 cm³/mol. The first-order valence-corrected chi connectivity index (χ1v) is 9.58. The van der Waals surface area contributed by atoms with E-state index in [0.29, 0.717) is 17.4 Å². The van der Waals surface area contributed by atoms with Crippen molar-refractivity contribution in [3.63, 3.8) is 0 Å². The van der Waals surface area contributed by atoms with Gasteiger partial charge in [0, 0.05) is 12.2 Å². The average Bonchev–Trinajstić information content (AvgIpc) is 3.43. The zero-order valence-electron chi connectivity index (χ0n) is 16.0. The molecule has 1 amide bonds. The van der Waals surface area contributed by atoms with Crippen molar-refractivity contribution in [3.8, 4) is 11.3 Å². The Morgan fingerprint density at radius 3 is 2.79 bits per heavy atom. The van der Waals surface area contributed by atoms with E-state index in [1.165, 1.54) is 5.56 Å². The number of carbonyl (C=O) groups is 1. The summed E-state index contributed by atoms with van der Waals surface area (Å²) in [5.74, 6) is 1.14. The smallest absolute Gasteiger partial charge is 0.276 e. The molecule has 8 nitrogen and oxygen atoms in total. The van der Waals surface area contributed by atoms with Crippen molar-refractivity contribution in [3.05, 3.63) is 47.4 Å². The van der Waals surface area contributed by atoms with Gasteiger partial charge in [0.05, 0.1) is 5.69 Å². The maximum Gasteiger partial charge on any atom is 0.276 e. The van der Waals surface area contributed by atoms with E-state index in [1.54, 1.807) is 6.07 Å². The molecule has 1 saturated heterocycles. The van der Waals surface area contributed by atoms with Crippen molar-refractivity contribution in [2.24, 2.45) is 5.92 Å². The molecule has 146 valence electrons. The fourth-order valence-electron chi connectivity index (χ4n) is 3.31. The molecule has 3 N–H and O–H groups in total. The van der Waals surface area contributed by atoms with Crippen LogP contribution in [0.3, 0.4) is 0 Å². The molecule has 0 spiro atoms. The highest BCUT2D eigenvalue weighted by molar-refractivity contribution is 6.02. The van der Waals surface area contributed by atoms with Crippen LogP contribution in [0.1, 0.15) is 54.7 Å². The molecule has 4 rings (SSSR count). The molecule has 1 aromatic carbocycles. The third kappa shape index (κ3) is 4.12. The maximum absolute atomic E-state index is 12.5. The number of amides is 1. The van der Waals surface area contributed by atoms with Gasteiger partial charge >= 0.3 is 0 Å². The molecule has 0 radical (unpaired) electrons. The van der Waals surface area contributed by atoms with Crippen LogP contribution in [0, 0.1) is 5.92 Å². The minimum atomic E-state index is -0.340. The number of anilines is 1. The van der Waals surface area contributed by atoms with Crippen molar-refractivity contribution in [1.29, 1.82) is 0 Å². The van der Waals surface area contributed by atoms with Crippen LogP contribution in [-0.2, 0) is 11.2 Å². The minimum absolute atomic E-state index is 0.0735. The topological polar surface area (TPSA) is 109 Å². The number of nitrogens with one attached hydrogen (secondary N) is 3. The monoisotopic (exact) mass is 380 g/mol. The lowest BCUT2D eigenvalue weighted by Crippen LogP contribution is -2.13. The normalized spacial score (nSPS) is 16.6. The van der Waals surface area contributed by atoms with Gasteiger partial charge < -0.3 is 4.74 Å². The molecule has 1 atom stereocenters. The zero-order chi connectivity index (χ0) is 19.5. The largest absolute Gasteiger partial charge is 0.370 e. The Morgan fingerprint density at radius 1 is 1.25 bits per heavy atom. The predicted octanol–water partition coefficient (Wildman–Crippen LogP) is 3.50. The average molecular weight is 380 g/mol. The maximum atomic E-state index is 12.5. The fourth-order valence-corrected chi connectivity index (χ4v) is 3.31. The third-order valence-electron chi connectivity index (χ3n) is 4.68. The number of benzene rings is 1. The number of aromatic nitrogens is 5. The number of carbonyl (C=O) groups excluding carboxylic acids is 1. The van der Waals surface area contributed by atoms with Gasteiger partial charge in [-0.1, -0.05) is 38.1 Å². The third-order valence-corrected chi connectivity index (χ3v) is 4.68. The molecule has 0 saturated carbocycles. The lowest BCUT2D eigenvalue weighted by molar-refractivity contribution is 0.101. The SMILES string of the molecule is CC(C)Cc1ccc(-c2cc(C(=O)Nc3n[nH]c(C4CCCO4)n3)[nH]n2)cc1. The molecule has 1 aliphatic heterocycles. The number of H-pyrrole nitrogens is 2. The molecule has 3 heterocycles. The summed E-state index contributed by atoms with van der Waals surface area (Å²) >= 11 is 0. The lowest BCUT2D eigenvalue weighted by atomic mass is 10.0. The van der Waals surface area contributed by atoms with Crippen molar-refractivity contribution in [2.75, 3.05) is 11.9 Å². The molecule has 0 aliphatic carbocycles. The van der Waals surface area contributed by atoms with Gasteiger partial charge in [0.1, 0.15) is 11.8 Å². The number of nitrogens with zero attached hydrogens (tertiary/aromatic N) is 3. The summed E-state index contributed by atoms with van der Waals surface area (Å²) < 4.78 is 5.56. The van der Waals surface area contributed by atoms with E-state index in [4.69, 9.17) is 4.74 Å². The first kappa shape index (κ1) is 18.4. The second-order valence-electron chi connectivity index (χ2n) is 7.46. The lowest BCUT2D eigenvalue weighted by Gasteiger charge is -2.05. The number of hydrogen-bond acceptors (Lipinski definition) is 5. The number of aromatic amines is 2. The van der Waals surface area contributed by atoms with E-state index < -0.39 is 0 Å². The highest BCUT2D eigenvalue weighted by Crippen LogP contribution is 2.26. The highest BCUT2D eigenvalue weighted by Gasteiger charge is 2.22. The summed E-state index contributed by atoms with van der Waals surface area (Å²) in [5, 5.41) is 16.6. The van der Waals surface area contributed by atoms with Gasteiger partial charge in [0.25, 0.3) is 5.91 Å². The molecule has 1 aliphatic rings. The van der Waals surface area contributed by atoms with E-state index in [1.807, 2.05) is 12.1 Å². The van der Waals surface area contributed by atoms with Gasteiger partial charge in [-0.15, -0.1) is 5.10 Å². The first-order chi connectivity index (χ1) is 13.6. The second-order valence-corrected chi connectivity index (χ2v) is 7.46. The Balaban J connectivity index is 1.41. The highest BCUT2D eigenvalue weighted by atomic mass is 16.5.